The molecule has 13 heavy (non-hydrogen) atoms. The van der Waals surface area contributed by atoms with Gasteiger partial charge in [0, 0.05) is 10.1 Å². The van der Waals surface area contributed by atoms with Gasteiger partial charge in [-0.25, -0.2) is 0 Å². The lowest BCUT2D eigenvalue weighted by Gasteiger charge is -2.17. The van der Waals surface area contributed by atoms with Gasteiger partial charge in [-0.1, -0.05) is 18.2 Å². The van der Waals surface area contributed by atoms with E-state index in [0.29, 0.717) is 6.54 Å². The Labute approximate surface area is 92.7 Å². The molecule has 1 rings (SSSR count). The largest absolute Gasteiger partial charge is 0.387 e. The summed E-state index contributed by atoms with van der Waals surface area (Å²) in [6.45, 7) is 0.667. The molecule has 0 saturated carbocycles. The second-order valence-electron chi connectivity index (χ2n) is 3.30. The molecule has 1 aromatic carbocycles. The highest BCUT2D eigenvalue weighted by atomic mass is 127. The van der Waals surface area contributed by atoms with Crippen molar-refractivity contribution in [2.45, 2.75) is 6.10 Å². The van der Waals surface area contributed by atoms with E-state index in [4.69, 9.17) is 0 Å². The minimum atomic E-state index is -0.386. The van der Waals surface area contributed by atoms with Crippen LogP contribution in [0, 0.1) is 3.57 Å². The number of benzene rings is 1. The fourth-order valence-corrected chi connectivity index (χ4v) is 1.94. The average Bonchev–Trinajstić information content (AvgIpc) is 2.03. The van der Waals surface area contributed by atoms with Gasteiger partial charge < -0.3 is 10.0 Å². The van der Waals surface area contributed by atoms with Crippen molar-refractivity contribution in [3.63, 3.8) is 0 Å². The summed E-state index contributed by atoms with van der Waals surface area (Å²) in [5.74, 6) is 0. The molecule has 0 heterocycles. The molecule has 0 aliphatic carbocycles. The van der Waals surface area contributed by atoms with E-state index in [1.54, 1.807) is 0 Å². The Kier molecular flexibility index (Phi) is 4.15. The first-order chi connectivity index (χ1) is 6.11. The van der Waals surface area contributed by atoms with Crippen LogP contribution in [0.5, 0.6) is 0 Å². The number of likely N-dealkylation sites (N-methyl/N-ethyl adjacent to an activating group) is 1. The lowest BCUT2D eigenvalue weighted by Crippen LogP contribution is -2.20. The maximum Gasteiger partial charge on any atom is 0.0926 e. The Morgan fingerprint density at radius 1 is 1.38 bits per heavy atom. The average molecular weight is 291 g/mol. The summed E-state index contributed by atoms with van der Waals surface area (Å²) in [4.78, 5) is 1.98. The molecule has 0 bridgehead atoms. The third-order valence-electron chi connectivity index (χ3n) is 1.80. The Bertz CT molecular complexity index is 275. The number of halogens is 1. The lowest BCUT2D eigenvalue weighted by atomic mass is 10.1. The molecule has 1 unspecified atom stereocenters. The van der Waals surface area contributed by atoms with Crippen LogP contribution in [0.25, 0.3) is 0 Å². The zero-order valence-electron chi connectivity index (χ0n) is 7.87. The SMILES string of the molecule is CN(C)CC(O)c1ccccc1I. The number of aliphatic hydroxyl groups is 1. The van der Waals surface area contributed by atoms with Crippen LogP contribution in [-0.2, 0) is 0 Å². The summed E-state index contributed by atoms with van der Waals surface area (Å²) >= 11 is 2.24. The van der Waals surface area contributed by atoms with E-state index in [1.807, 2.05) is 43.3 Å². The van der Waals surface area contributed by atoms with Gasteiger partial charge in [0.25, 0.3) is 0 Å². The fourth-order valence-electron chi connectivity index (χ4n) is 1.19. The molecule has 0 fully saturated rings. The van der Waals surface area contributed by atoms with Gasteiger partial charge in [-0.3, -0.25) is 0 Å². The van der Waals surface area contributed by atoms with E-state index in [0.717, 1.165) is 9.13 Å². The van der Waals surface area contributed by atoms with Crippen molar-refractivity contribution >= 4 is 22.6 Å². The van der Waals surface area contributed by atoms with Crippen molar-refractivity contribution in [1.82, 2.24) is 4.90 Å². The zero-order chi connectivity index (χ0) is 9.84. The molecule has 0 aliphatic rings. The van der Waals surface area contributed by atoms with Gasteiger partial charge in [-0.2, -0.15) is 0 Å². The number of hydrogen-bond donors (Lipinski definition) is 1. The summed E-state index contributed by atoms with van der Waals surface area (Å²) in [6, 6.07) is 7.91. The van der Waals surface area contributed by atoms with E-state index in [9.17, 15) is 5.11 Å². The van der Waals surface area contributed by atoms with E-state index >= 15 is 0 Å². The third-order valence-corrected chi connectivity index (χ3v) is 2.78. The van der Waals surface area contributed by atoms with Crippen LogP contribution < -0.4 is 0 Å². The van der Waals surface area contributed by atoms with Gasteiger partial charge in [-0.15, -0.1) is 0 Å². The molecule has 0 radical (unpaired) electrons. The molecule has 1 atom stereocenters. The molecular formula is C10H14INO. The van der Waals surface area contributed by atoms with Crippen molar-refractivity contribution in [3.8, 4) is 0 Å². The van der Waals surface area contributed by atoms with Gasteiger partial charge in [0.2, 0.25) is 0 Å². The number of aliphatic hydroxyl groups excluding tert-OH is 1. The first-order valence-electron chi connectivity index (χ1n) is 4.18. The van der Waals surface area contributed by atoms with Gasteiger partial charge >= 0.3 is 0 Å². The molecule has 0 spiro atoms. The smallest absolute Gasteiger partial charge is 0.0926 e. The van der Waals surface area contributed by atoms with Crippen molar-refractivity contribution in [2.24, 2.45) is 0 Å². The van der Waals surface area contributed by atoms with Crippen LogP contribution in [-0.4, -0.2) is 30.6 Å². The van der Waals surface area contributed by atoms with Crippen LogP contribution in [0.3, 0.4) is 0 Å². The lowest BCUT2D eigenvalue weighted by molar-refractivity contribution is 0.137. The number of nitrogens with zero attached hydrogens (tertiary/aromatic N) is 1. The Morgan fingerprint density at radius 3 is 2.54 bits per heavy atom. The number of hydrogen-bond acceptors (Lipinski definition) is 2. The number of rotatable bonds is 3. The van der Waals surface area contributed by atoms with Crippen molar-refractivity contribution in [2.75, 3.05) is 20.6 Å². The topological polar surface area (TPSA) is 23.5 Å². The molecule has 1 N–H and O–H groups in total. The Balaban J connectivity index is 2.76. The molecule has 0 amide bonds. The molecule has 3 heteroatoms. The second kappa shape index (κ2) is 4.93. The van der Waals surface area contributed by atoms with Crippen LogP contribution in [0.2, 0.25) is 0 Å². The maximum absolute atomic E-state index is 9.83. The molecular weight excluding hydrogens is 277 g/mol. The zero-order valence-corrected chi connectivity index (χ0v) is 10.0. The minimum absolute atomic E-state index is 0.386. The Hall–Kier alpha value is -0.130. The molecule has 1 aromatic rings. The summed E-state index contributed by atoms with van der Waals surface area (Å²) in [5.41, 5.74) is 1.01. The summed E-state index contributed by atoms with van der Waals surface area (Å²) in [5, 5.41) is 9.83. The fraction of sp³-hybridized carbons (Fsp3) is 0.400. The van der Waals surface area contributed by atoms with Crippen molar-refractivity contribution in [1.29, 1.82) is 0 Å². The van der Waals surface area contributed by atoms with Crippen LogP contribution in [0.1, 0.15) is 11.7 Å². The minimum Gasteiger partial charge on any atom is -0.387 e. The van der Waals surface area contributed by atoms with E-state index in [-0.39, 0.29) is 6.10 Å². The standard InChI is InChI=1S/C10H14INO/c1-12(2)7-10(13)8-5-3-4-6-9(8)11/h3-6,10,13H,7H2,1-2H3. The molecule has 0 saturated heterocycles. The highest BCUT2D eigenvalue weighted by Gasteiger charge is 2.10. The quantitative estimate of drug-likeness (QED) is 0.860. The molecule has 0 aliphatic heterocycles. The highest BCUT2D eigenvalue weighted by molar-refractivity contribution is 14.1. The van der Waals surface area contributed by atoms with Crippen LogP contribution >= 0.6 is 22.6 Å². The third kappa shape index (κ3) is 3.25. The van der Waals surface area contributed by atoms with Crippen LogP contribution in [0.4, 0.5) is 0 Å². The van der Waals surface area contributed by atoms with Gasteiger partial charge in [0.15, 0.2) is 0 Å². The van der Waals surface area contributed by atoms with Gasteiger partial charge in [-0.05, 0) is 48.3 Å². The first-order valence-corrected chi connectivity index (χ1v) is 5.26. The maximum atomic E-state index is 9.83. The Morgan fingerprint density at radius 2 is 2.00 bits per heavy atom. The van der Waals surface area contributed by atoms with Crippen molar-refractivity contribution < 1.29 is 5.11 Å². The summed E-state index contributed by atoms with van der Waals surface area (Å²) in [6.07, 6.45) is -0.386. The predicted molar refractivity (Wildman–Crippen MR) is 62.7 cm³/mol. The van der Waals surface area contributed by atoms with E-state index < -0.39 is 0 Å². The molecule has 0 aromatic heterocycles. The van der Waals surface area contributed by atoms with E-state index in [2.05, 4.69) is 22.6 Å². The van der Waals surface area contributed by atoms with Crippen LogP contribution in [0.15, 0.2) is 24.3 Å². The second-order valence-corrected chi connectivity index (χ2v) is 4.46. The normalized spacial score (nSPS) is 13.3. The first kappa shape index (κ1) is 10.9. The highest BCUT2D eigenvalue weighted by Crippen LogP contribution is 2.19. The predicted octanol–water partition coefficient (Wildman–Crippen LogP) is 1.89. The summed E-state index contributed by atoms with van der Waals surface area (Å²) < 4.78 is 1.12. The monoisotopic (exact) mass is 291 g/mol. The molecule has 2 nitrogen and oxygen atoms in total. The molecule has 72 valence electrons. The van der Waals surface area contributed by atoms with Gasteiger partial charge in [0.05, 0.1) is 6.10 Å². The van der Waals surface area contributed by atoms with E-state index in [1.165, 1.54) is 0 Å². The van der Waals surface area contributed by atoms with Crippen molar-refractivity contribution in [3.05, 3.63) is 33.4 Å². The van der Waals surface area contributed by atoms with Gasteiger partial charge in [0.1, 0.15) is 0 Å². The summed E-state index contributed by atoms with van der Waals surface area (Å²) in [7, 11) is 3.91.